The molecule has 2 aromatic carbocycles. The minimum Gasteiger partial charge on any atom is -0.378 e. The number of aryl methyl sites for hydroxylation is 1. The molecule has 0 fully saturated rings. The van der Waals surface area contributed by atoms with Gasteiger partial charge in [0.25, 0.3) is 5.69 Å². The molecule has 5 heteroatoms. The van der Waals surface area contributed by atoms with E-state index in [0.717, 1.165) is 5.56 Å². The van der Waals surface area contributed by atoms with E-state index in [4.69, 9.17) is 11.6 Å². The fourth-order valence-corrected chi connectivity index (χ4v) is 2.33. The van der Waals surface area contributed by atoms with Crippen LogP contribution in [0.2, 0.25) is 5.02 Å². The van der Waals surface area contributed by atoms with E-state index in [9.17, 15) is 10.1 Å². The lowest BCUT2D eigenvalue weighted by Gasteiger charge is -2.17. The highest BCUT2D eigenvalue weighted by atomic mass is 35.5. The van der Waals surface area contributed by atoms with Crippen LogP contribution in [0.25, 0.3) is 0 Å². The van der Waals surface area contributed by atoms with Crippen LogP contribution in [0.3, 0.4) is 0 Å². The van der Waals surface area contributed by atoms with Crippen molar-refractivity contribution in [3.8, 4) is 0 Å². The van der Waals surface area contributed by atoms with Crippen LogP contribution in [0.4, 0.5) is 11.4 Å². The summed E-state index contributed by atoms with van der Waals surface area (Å²) in [6, 6.07) is 12.8. The Morgan fingerprint density at radius 2 is 1.95 bits per heavy atom. The van der Waals surface area contributed by atoms with Gasteiger partial charge in [0.15, 0.2) is 0 Å². The molecule has 1 atom stereocenters. The molecule has 1 unspecified atom stereocenters. The van der Waals surface area contributed by atoms with E-state index in [-0.39, 0.29) is 16.8 Å². The minimum atomic E-state index is -0.480. The molecule has 2 rings (SSSR count). The Balaban J connectivity index is 2.24. The van der Waals surface area contributed by atoms with E-state index in [1.165, 1.54) is 17.7 Å². The summed E-state index contributed by atoms with van der Waals surface area (Å²) in [7, 11) is 0. The van der Waals surface area contributed by atoms with Crippen LogP contribution in [0.15, 0.2) is 42.5 Å². The molecule has 20 heavy (non-hydrogen) atoms. The summed E-state index contributed by atoms with van der Waals surface area (Å²) in [5, 5.41) is 14.3. The second-order valence-electron chi connectivity index (χ2n) is 4.65. The number of nitro benzene ring substituents is 1. The molecule has 0 aliphatic heterocycles. The van der Waals surface area contributed by atoms with Gasteiger partial charge in [0.1, 0.15) is 5.02 Å². The number of benzene rings is 2. The summed E-state index contributed by atoms with van der Waals surface area (Å²) >= 11 is 5.80. The summed E-state index contributed by atoms with van der Waals surface area (Å²) in [6.45, 7) is 4.06. The van der Waals surface area contributed by atoms with Gasteiger partial charge in [-0.15, -0.1) is 0 Å². The van der Waals surface area contributed by atoms with Crippen molar-refractivity contribution in [3.63, 3.8) is 0 Å². The highest BCUT2D eigenvalue weighted by molar-refractivity contribution is 6.32. The van der Waals surface area contributed by atoms with Gasteiger partial charge in [0.2, 0.25) is 0 Å². The second kappa shape index (κ2) is 5.92. The maximum Gasteiger partial charge on any atom is 0.289 e. The maximum atomic E-state index is 10.9. The Bertz CT molecular complexity index is 644. The Morgan fingerprint density at radius 1 is 1.25 bits per heavy atom. The van der Waals surface area contributed by atoms with Crippen molar-refractivity contribution in [2.45, 2.75) is 19.9 Å². The normalized spacial score (nSPS) is 11.9. The van der Waals surface area contributed by atoms with Crippen molar-refractivity contribution in [3.05, 3.63) is 68.7 Å². The third-order valence-electron chi connectivity index (χ3n) is 3.18. The second-order valence-corrected chi connectivity index (χ2v) is 5.05. The SMILES string of the molecule is Cc1ccccc1C(C)Nc1ccc(Cl)c([N+](=O)[O-])c1. The molecule has 0 spiro atoms. The van der Waals surface area contributed by atoms with Crippen molar-refractivity contribution in [2.24, 2.45) is 0 Å². The van der Waals surface area contributed by atoms with Gasteiger partial charge in [-0.25, -0.2) is 0 Å². The molecule has 4 nitrogen and oxygen atoms in total. The first-order valence-electron chi connectivity index (χ1n) is 6.25. The van der Waals surface area contributed by atoms with Crippen LogP contribution in [0.1, 0.15) is 24.1 Å². The molecular weight excluding hydrogens is 276 g/mol. The molecule has 0 radical (unpaired) electrons. The number of hydrogen-bond donors (Lipinski definition) is 1. The highest BCUT2D eigenvalue weighted by Gasteiger charge is 2.14. The van der Waals surface area contributed by atoms with Crippen LogP contribution in [-0.2, 0) is 0 Å². The van der Waals surface area contributed by atoms with Crippen LogP contribution < -0.4 is 5.32 Å². The van der Waals surface area contributed by atoms with Gasteiger partial charge < -0.3 is 5.32 Å². The van der Waals surface area contributed by atoms with Gasteiger partial charge in [-0.1, -0.05) is 35.9 Å². The number of nitro groups is 1. The topological polar surface area (TPSA) is 55.2 Å². The minimum absolute atomic E-state index is 0.0528. The lowest BCUT2D eigenvalue weighted by molar-refractivity contribution is -0.384. The number of rotatable bonds is 4. The molecular formula is C15H15ClN2O2. The summed E-state index contributed by atoms with van der Waals surface area (Å²) in [6.07, 6.45) is 0. The fraction of sp³-hybridized carbons (Fsp3) is 0.200. The standard InChI is InChI=1S/C15H15ClN2O2/c1-10-5-3-4-6-13(10)11(2)17-12-7-8-14(16)15(9-12)18(19)20/h3-9,11,17H,1-2H3. The first-order valence-corrected chi connectivity index (χ1v) is 6.63. The molecule has 2 aromatic rings. The van der Waals surface area contributed by atoms with Crippen molar-refractivity contribution in [1.82, 2.24) is 0 Å². The summed E-state index contributed by atoms with van der Waals surface area (Å²) in [5.41, 5.74) is 2.92. The van der Waals surface area contributed by atoms with E-state index in [2.05, 4.69) is 5.32 Å². The van der Waals surface area contributed by atoms with Crippen LogP contribution >= 0.6 is 11.6 Å². The van der Waals surface area contributed by atoms with Gasteiger partial charge in [-0.3, -0.25) is 10.1 Å². The van der Waals surface area contributed by atoms with Crippen LogP contribution in [-0.4, -0.2) is 4.92 Å². The van der Waals surface area contributed by atoms with E-state index in [0.29, 0.717) is 5.69 Å². The Hall–Kier alpha value is -2.07. The van der Waals surface area contributed by atoms with Crippen LogP contribution in [0.5, 0.6) is 0 Å². The molecule has 0 aromatic heterocycles. The number of nitrogens with zero attached hydrogens (tertiary/aromatic N) is 1. The molecule has 0 saturated heterocycles. The summed E-state index contributed by atoms with van der Waals surface area (Å²) in [4.78, 5) is 10.4. The zero-order chi connectivity index (χ0) is 14.7. The molecule has 0 aliphatic rings. The zero-order valence-electron chi connectivity index (χ0n) is 11.3. The van der Waals surface area contributed by atoms with E-state index >= 15 is 0 Å². The quantitative estimate of drug-likeness (QED) is 0.654. The van der Waals surface area contributed by atoms with Crippen molar-refractivity contribution >= 4 is 23.0 Å². The average molecular weight is 291 g/mol. The predicted molar refractivity (Wildman–Crippen MR) is 81.3 cm³/mol. The van der Waals surface area contributed by atoms with E-state index < -0.39 is 4.92 Å². The Morgan fingerprint density at radius 3 is 2.60 bits per heavy atom. The van der Waals surface area contributed by atoms with Crippen molar-refractivity contribution in [1.29, 1.82) is 0 Å². The van der Waals surface area contributed by atoms with Gasteiger partial charge >= 0.3 is 0 Å². The van der Waals surface area contributed by atoms with Gasteiger partial charge in [0, 0.05) is 17.8 Å². The van der Waals surface area contributed by atoms with E-state index in [1.807, 2.05) is 38.1 Å². The molecule has 0 amide bonds. The van der Waals surface area contributed by atoms with Crippen molar-refractivity contribution < 1.29 is 4.92 Å². The van der Waals surface area contributed by atoms with Crippen molar-refractivity contribution in [2.75, 3.05) is 5.32 Å². The Labute approximate surface area is 122 Å². The van der Waals surface area contributed by atoms with Gasteiger partial charge in [0.05, 0.1) is 4.92 Å². The molecule has 104 valence electrons. The predicted octanol–water partition coefficient (Wildman–Crippen LogP) is 4.73. The van der Waals surface area contributed by atoms with Gasteiger partial charge in [-0.05, 0) is 37.1 Å². The molecule has 1 N–H and O–H groups in total. The zero-order valence-corrected chi connectivity index (χ0v) is 12.0. The monoisotopic (exact) mass is 290 g/mol. The first kappa shape index (κ1) is 14.3. The maximum absolute atomic E-state index is 10.9. The lowest BCUT2D eigenvalue weighted by atomic mass is 10.0. The number of anilines is 1. The molecule has 0 saturated carbocycles. The smallest absolute Gasteiger partial charge is 0.289 e. The van der Waals surface area contributed by atoms with E-state index in [1.54, 1.807) is 6.07 Å². The number of halogens is 1. The largest absolute Gasteiger partial charge is 0.378 e. The summed E-state index contributed by atoms with van der Waals surface area (Å²) < 4.78 is 0. The molecule has 0 bridgehead atoms. The van der Waals surface area contributed by atoms with Gasteiger partial charge in [-0.2, -0.15) is 0 Å². The third kappa shape index (κ3) is 3.08. The Kier molecular flexibility index (Phi) is 4.25. The molecule has 0 heterocycles. The summed E-state index contributed by atoms with van der Waals surface area (Å²) in [5.74, 6) is 0. The fourth-order valence-electron chi connectivity index (χ4n) is 2.14. The average Bonchev–Trinajstić information content (AvgIpc) is 2.41. The number of hydrogen-bond acceptors (Lipinski definition) is 3. The highest BCUT2D eigenvalue weighted by Crippen LogP contribution is 2.29. The van der Waals surface area contributed by atoms with Crippen LogP contribution in [0, 0.1) is 17.0 Å². The lowest BCUT2D eigenvalue weighted by Crippen LogP contribution is -2.08. The third-order valence-corrected chi connectivity index (χ3v) is 3.50. The first-order chi connectivity index (χ1) is 9.49. The molecule has 0 aliphatic carbocycles. The number of nitrogens with one attached hydrogen (secondary N) is 1.